The van der Waals surface area contributed by atoms with Gasteiger partial charge in [0.05, 0.1) is 38.3 Å². The molecule has 4 fully saturated rings. The summed E-state index contributed by atoms with van der Waals surface area (Å²) >= 11 is 0. The van der Waals surface area contributed by atoms with E-state index in [1.54, 1.807) is 0 Å². The van der Waals surface area contributed by atoms with E-state index in [-0.39, 0.29) is 23.8 Å². The highest BCUT2D eigenvalue weighted by Gasteiger charge is 2.32. The van der Waals surface area contributed by atoms with Crippen molar-refractivity contribution in [2.45, 2.75) is 125 Å². The Balaban J connectivity index is 0.000000180. The zero-order valence-electron chi connectivity index (χ0n) is 39.4. The number of hydrogen-bond donors (Lipinski definition) is 1. The summed E-state index contributed by atoms with van der Waals surface area (Å²) in [5.41, 5.74) is 2.81. The highest BCUT2D eigenvalue weighted by molar-refractivity contribution is 5.89. The van der Waals surface area contributed by atoms with Crippen LogP contribution in [0.4, 0.5) is 0 Å². The molecule has 2 unspecified atom stereocenters. The molecular formula is C54H74N2O7. The summed E-state index contributed by atoms with van der Waals surface area (Å²) in [7, 11) is 2.91. The molecule has 9 nitrogen and oxygen atoms in total. The first kappa shape index (κ1) is 48.0. The number of ether oxygens (including phenoxy) is 4. The van der Waals surface area contributed by atoms with Gasteiger partial charge in [0.2, 0.25) is 0 Å². The largest absolute Gasteiger partial charge is 0.490 e. The van der Waals surface area contributed by atoms with Crippen molar-refractivity contribution in [3.05, 3.63) is 83.9 Å². The number of esters is 2. The molecule has 2 aliphatic carbocycles. The molecule has 9 heteroatoms. The molecule has 0 bridgehead atoms. The van der Waals surface area contributed by atoms with Crippen LogP contribution in [-0.4, -0.2) is 75.7 Å². The average Bonchev–Trinajstić information content (AvgIpc) is 4.00. The van der Waals surface area contributed by atoms with Gasteiger partial charge in [0.1, 0.15) is 17.8 Å². The molecule has 0 radical (unpaired) electrons. The minimum Gasteiger partial charge on any atom is -0.490 e. The van der Waals surface area contributed by atoms with E-state index in [1.807, 2.05) is 30.3 Å². The van der Waals surface area contributed by atoms with Crippen molar-refractivity contribution in [2.75, 3.05) is 40.4 Å². The van der Waals surface area contributed by atoms with Gasteiger partial charge in [-0.3, -0.25) is 19.3 Å². The summed E-state index contributed by atoms with van der Waals surface area (Å²) in [6, 6.07) is 25.0. The molecule has 8 rings (SSSR count). The number of carbonyl (C=O) groups is 3. The number of fused-ring (bicyclic) bond motifs is 2. The lowest BCUT2D eigenvalue weighted by atomic mass is 9.72. The third kappa shape index (κ3) is 13.8. The van der Waals surface area contributed by atoms with Crippen LogP contribution in [0.25, 0.3) is 21.5 Å². The number of nitrogens with one attached hydrogen (secondary N) is 1. The van der Waals surface area contributed by atoms with Gasteiger partial charge in [-0.05, 0) is 163 Å². The Morgan fingerprint density at radius 2 is 1.11 bits per heavy atom. The average molecular weight is 863 g/mol. The zero-order chi connectivity index (χ0) is 45.1. The predicted molar refractivity (Wildman–Crippen MR) is 253 cm³/mol. The lowest BCUT2D eigenvalue weighted by Crippen LogP contribution is -2.30. The van der Waals surface area contributed by atoms with E-state index < -0.39 is 0 Å². The van der Waals surface area contributed by atoms with Gasteiger partial charge in [0, 0.05) is 25.2 Å². The standard InChI is InChI=1S/C27H37NO3.C21H26O2.C6H11NO2/c1-27(2,3)23-8-11-24(12-9-23)31-25-10-7-20-15-19(5-6-21(20)16-25)17-28-14-13-22(18-28)26(29)30-4;1-21(2,3)18-7-10-19(11-8-18)23-20-9-6-16-12-15(14-22)4-5-17(16)13-20;1-9-6(8)5-2-3-7-4-5/h5-7,10,15-16,22-24H,8-9,11-14,17-18H2,1-4H3;4-6,9,12-14,18-19H,7-8,10-11H2,1-3H3;5,7H,2-4H2,1H3. The van der Waals surface area contributed by atoms with Gasteiger partial charge >= 0.3 is 11.9 Å². The van der Waals surface area contributed by atoms with Crippen LogP contribution in [0.15, 0.2) is 72.8 Å². The van der Waals surface area contributed by atoms with Crippen LogP contribution in [0.3, 0.4) is 0 Å². The van der Waals surface area contributed by atoms with Crippen LogP contribution < -0.4 is 14.8 Å². The Morgan fingerprint density at radius 3 is 1.60 bits per heavy atom. The first-order chi connectivity index (χ1) is 30.1. The number of hydrogen-bond acceptors (Lipinski definition) is 9. The number of aldehydes is 1. The second-order valence-electron chi connectivity index (χ2n) is 20.6. The van der Waals surface area contributed by atoms with Gasteiger partial charge in [0.15, 0.2) is 0 Å². The lowest BCUT2D eigenvalue weighted by molar-refractivity contribution is -0.145. The molecule has 0 amide bonds. The van der Waals surface area contributed by atoms with Gasteiger partial charge in [0.25, 0.3) is 0 Å². The van der Waals surface area contributed by atoms with E-state index in [1.165, 1.54) is 56.2 Å². The maximum absolute atomic E-state index is 11.8. The molecule has 1 N–H and O–H groups in total. The topological polar surface area (TPSA) is 103 Å². The normalized spacial score (nSPS) is 24.1. The summed E-state index contributed by atoms with van der Waals surface area (Å²) in [6.45, 7) is 18.4. The summed E-state index contributed by atoms with van der Waals surface area (Å²) in [5, 5.41) is 7.75. The lowest BCUT2D eigenvalue weighted by Gasteiger charge is -2.37. The van der Waals surface area contributed by atoms with E-state index >= 15 is 0 Å². The van der Waals surface area contributed by atoms with Crippen LogP contribution in [0.5, 0.6) is 11.5 Å². The monoisotopic (exact) mass is 863 g/mol. The van der Waals surface area contributed by atoms with Crippen LogP contribution in [-0.2, 0) is 25.6 Å². The van der Waals surface area contributed by atoms with Gasteiger partial charge in [-0.15, -0.1) is 0 Å². The molecule has 342 valence electrons. The molecule has 2 aliphatic heterocycles. The first-order valence-electron chi connectivity index (χ1n) is 23.6. The molecule has 2 atom stereocenters. The molecule has 4 aromatic rings. The van der Waals surface area contributed by atoms with Crippen molar-refractivity contribution in [2.24, 2.45) is 34.5 Å². The van der Waals surface area contributed by atoms with Crippen molar-refractivity contribution >= 4 is 39.8 Å². The molecule has 2 saturated heterocycles. The van der Waals surface area contributed by atoms with E-state index in [0.29, 0.717) is 28.6 Å². The fourth-order valence-electron chi connectivity index (χ4n) is 9.93. The van der Waals surface area contributed by atoms with Gasteiger partial charge < -0.3 is 24.3 Å². The zero-order valence-corrected chi connectivity index (χ0v) is 39.4. The second kappa shape index (κ2) is 21.9. The van der Waals surface area contributed by atoms with E-state index in [9.17, 15) is 14.4 Å². The molecule has 0 aromatic heterocycles. The van der Waals surface area contributed by atoms with Crippen molar-refractivity contribution in [3.63, 3.8) is 0 Å². The Morgan fingerprint density at radius 1 is 0.619 bits per heavy atom. The minimum atomic E-state index is -0.0833. The van der Waals surface area contributed by atoms with Gasteiger partial charge in [-0.1, -0.05) is 77.9 Å². The first-order valence-corrected chi connectivity index (χ1v) is 23.6. The molecule has 2 heterocycles. The molecule has 0 spiro atoms. The van der Waals surface area contributed by atoms with Crippen molar-refractivity contribution < 1.29 is 33.3 Å². The third-order valence-corrected chi connectivity index (χ3v) is 14.1. The SMILES string of the molecule is CC(C)(C)C1CCC(Oc2ccc3cc(C=O)ccc3c2)CC1.COC(=O)C1CCN(Cc2ccc3cc(OC4CCC(C(C)(C)C)CC4)ccc3c2)C1.COC(=O)C1CCNC1. The van der Waals surface area contributed by atoms with Crippen molar-refractivity contribution in [1.29, 1.82) is 0 Å². The van der Waals surface area contributed by atoms with Crippen LogP contribution in [0.2, 0.25) is 0 Å². The highest BCUT2D eigenvalue weighted by Crippen LogP contribution is 2.40. The van der Waals surface area contributed by atoms with Crippen molar-refractivity contribution in [3.8, 4) is 11.5 Å². The molecular weight excluding hydrogens is 789 g/mol. The van der Waals surface area contributed by atoms with Crippen molar-refractivity contribution in [1.82, 2.24) is 10.2 Å². The molecule has 2 saturated carbocycles. The fraction of sp³-hybridized carbons (Fsp3) is 0.574. The van der Waals surface area contributed by atoms with E-state index in [4.69, 9.17) is 14.2 Å². The summed E-state index contributed by atoms with van der Waals surface area (Å²) < 4.78 is 22.0. The van der Waals surface area contributed by atoms with Crippen LogP contribution >= 0.6 is 0 Å². The number of benzene rings is 4. The molecule has 4 aliphatic rings. The van der Waals surface area contributed by atoms with Crippen LogP contribution in [0, 0.1) is 34.5 Å². The smallest absolute Gasteiger partial charge is 0.310 e. The van der Waals surface area contributed by atoms with Gasteiger partial charge in [-0.25, -0.2) is 0 Å². The highest BCUT2D eigenvalue weighted by atomic mass is 16.5. The van der Waals surface area contributed by atoms with E-state index in [2.05, 4.69) is 99.0 Å². The maximum Gasteiger partial charge on any atom is 0.310 e. The number of methoxy groups -OCH3 is 2. The quantitative estimate of drug-likeness (QED) is 0.130. The molecule has 63 heavy (non-hydrogen) atoms. The maximum atomic E-state index is 11.8. The van der Waals surface area contributed by atoms with E-state index in [0.717, 1.165) is 112 Å². The Labute approximate surface area is 376 Å². The Kier molecular flexibility index (Phi) is 16.7. The number of nitrogens with zero attached hydrogens (tertiary/aromatic N) is 1. The Hall–Kier alpha value is -4.47. The number of likely N-dealkylation sites (tertiary alicyclic amines) is 1. The fourth-order valence-corrected chi connectivity index (χ4v) is 9.93. The second-order valence-corrected chi connectivity index (χ2v) is 20.6. The summed E-state index contributed by atoms with van der Waals surface area (Å²) in [4.78, 5) is 35.7. The Bertz CT molecular complexity index is 2110. The van der Waals surface area contributed by atoms with Crippen LogP contribution in [0.1, 0.15) is 122 Å². The van der Waals surface area contributed by atoms with Gasteiger partial charge in [-0.2, -0.15) is 0 Å². The number of carbonyl (C=O) groups excluding carboxylic acids is 3. The summed E-state index contributed by atoms with van der Waals surface area (Å²) in [5.74, 6) is 3.50. The number of rotatable bonds is 9. The molecule has 4 aromatic carbocycles. The predicted octanol–water partition coefficient (Wildman–Crippen LogP) is 11.2. The minimum absolute atomic E-state index is 0.0172. The summed E-state index contributed by atoms with van der Waals surface area (Å²) in [6.07, 6.45) is 13.0. The third-order valence-electron chi connectivity index (χ3n) is 14.1.